The molecular weight excluding hydrogens is 360 g/mol. The van der Waals surface area contributed by atoms with Crippen LogP contribution in [0.25, 0.3) is 0 Å². The van der Waals surface area contributed by atoms with E-state index in [1.165, 1.54) is 23.3 Å². The fraction of sp³-hybridized carbons (Fsp3) is 0.714. The van der Waals surface area contributed by atoms with Crippen LogP contribution >= 0.6 is 11.3 Å². The molecule has 0 radical (unpaired) electrons. The van der Waals surface area contributed by atoms with Crippen LogP contribution < -0.4 is 0 Å². The van der Waals surface area contributed by atoms with Crippen molar-refractivity contribution in [2.45, 2.75) is 63.5 Å². The lowest BCUT2D eigenvalue weighted by Gasteiger charge is -2.56. The maximum atomic E-state index is 13.4. The SMILES string of the molecule is O=C(c1csc2c1CCCC2)N1C[C@H]2C[C@@H](C1)[C@H](CO)N1C(=O)CCC[C@@H]21. The van der Waals surface area contributed by atoms with Crippen molar-refractivity contribution >= 4 is 23.2 Å². The van der Waals surface area contributed by atoms with Crippen LogP contribution in [0.2, 0.25) is 0 Å². The standard InChI is InChI=1S/C21H28N2O3S/c24-11-18-14-8-13(17-5-3-7-20(25)23(17)18)9-22(10-14)21(26)16-12-27-19-6-2-1-4-15(16)19/h12-14,17-18,24H,1-11H2/t13-,14+,17+,18+/m1/s1. The lowest BCUT2D eigenvalue weighted by Crippen LogP contribution is -2.66. The normalized spacial score (nSPS) is 32.9. The van der Waals surface area contributed by atoms with Gasteiger partial charge in [-0.3, -0.25) is 9.59 Å². The summed E-state index contributed by atoms with van der Waals surface area (Å²) in [5.41, 5.74) is 2.21. The summed E-state index contributed by atoms with van der Waals surface area (Å²) in [6, 6.07) is 0.0812. The van der Waals surface area contributed by atoms with Gasteiger partial charge in [-0.1, -0.05) is 0 Å². The highest BCUT2D eigenvalue weighted by molar-refractivity contribution is 7.10. The van der Waals surface area contributed by atoms with E-state index in [0.717, 1.165) is 44.2 Å². The number of amides is 2. The molecule has 1 aliphatic carbocycles. The molecule has 1 N–H and O–H groups in total. The van der Waals surface area contributed by atoms with Crippen LogP contribution in [0.15, 0.2) is 5.38 Å². The molecule has 3 aliphatic heterocycles. The molecule has 2 amide bonds. The molecule has 4 atom stereocenters. The number of aliphatic hydroxyl groups excluding tert-OH is 1. The predicted octanol–water partition coefficient (Wildman–Crippen LogP) is 2.46. The molecule has 0 unspecified atom stereocenters. The molecule has 3 saturated heterocycles. The van der Waals surface area contributed by atoms with E-state index >= 15 is 0 Å². The summed E-state index contributed by atoms with van der Waals surface area (Å²) in [4.78, 5) is 31.3. The minimum atomic E-state index is -0.119. The van der Waals surface area contributed by atoms with Crippen LogP contribution in [0, 0.1) is 11.8 Å². The Kier molecular flexibility index (Phi) is 4.51. The zero-order valence-electron chi connectivity index (χ0n) is 15.7. The smallest absolute Gasteiger partial charge is 0.255 e. The summed E-state index contributed by atoms with van der Waals surface area (Å²) in [6.45, 7) is 1.43. The second-order valence-corrected chi connectivity index (χ2v) is 9.70. The topological polar surface area (TPSA) is 60.9 Å². The van der Waals surface area contributed by atoms with Crippen molar-refractivity contribution in [2.24, 2.45) is 11.8 Å². The Balaban J connectivity index is 1.41. The highest BCUT2D eigenvalue weighted by Gasteiger charge is 2.50. The van der Waals surface area contributed by atoms with E-state index in [9.17, 15) is 14.7 Å². The van der Waals surface area contributed by atoms with Crippen LogP contribution in [-0.4, -0.2) is 58.5 Å². The molecule has 0 spiro atoms. The van der Waals surface area contributed by atoms with E-state index in [1.54, 1.807) is 11.3 Å². The molecule has 4 aliphatic rings. The molecule has 3 fully saturated rings. The monoisotopic (exact) mass is 388 g/mol. The van der Waals surface area contributed by atoms with Gasteiger partial charge in [-0.2, -0.15) is 0 Å². The quantitative estimate of drug-likeness (QED) is 0.847. The van der Waals surface area contributed by atoms with Gasteiger partial charge in [0, 0.05) is 35.8 Å². The zero-order chi connectivity index (χ0) is 18.5. The minimum Gasteiger partial charge on any atom is -0.394 e. The predicted molar refractivity (Wildman–Crippen MR) is 104 cm³/mol. The fourth-order valence-corrected chi connectivity index (χ4v) is 7.14. The second kappa shape index (κ2) is 6.89. The Morgan fingerprint density at radius 1 is 1.15 bits per heavy atom. The number of hydrogen-bond donors (Lipinski definition) is 1. The summed E-state index contributed by atoms with van der Waals surface area (Å²) in [6.07, 6.45) is 8.15. The third-order valence-electron chi connectivity index (χ3n) is 7.26. The summed E-state index contributed by atoms with van der Waals surface area (Å²) in [7, 11) is 0. The first-order chi connectivity index (χ1) is 13.2. The van der Waals surface area contributed by atoms with Crippen molar-refractivity contribution in [3.8, 4) is 0 Å². The van der Waals surface area contributed by atoms with E-state index < -0.39 is 0 Å². The maximum absolute atomic E-state index is 13.4. The fourth-order valence-electron chi connectivity index (χ4n) is 6.02. The molecule has 6 heteroatoms. The molecule has 1 aromatic heterocycles. The third-order valence-corrected chi connectivity index (χ3v) is 8.35. The van der Waals surface area contributed by atoms with Gasteiger partial charge in [-0.25, -0.2) is 0 Å². The van der Waals surface area contributed by atoms with E-state index in [4.69, 9.17) is 0 Å². The first-order valence-corrected chi connectivity index (χ1v) is 11.4. The van der Waals surface area contributed by atoms with Crippen molar-refractivity contribution in [3.63, 3.8) is 0 Å². The average Bonchev–Trinajstić information content (AvgIpc) is 3.12. The number of aliphatic hydroxyl groups is 1. The molecule has 146 valence electrons. The van der Waals surface area contributed by atoms with Gasteiger partial charge in [0.2, 0.25) is 5.91 Å². The Bertz CT molecular complexity index is 747. The summed E-state index contributed by atoms with van der Waals surface area (Å²) >= 11 is 1.75. The van der Waals surface area contributed by atoms with Crippen LogP contribution in [0.3, 0.4) is 0 Å². The van der Waals surface area contributed by atoms with Gasteiger partial charge >= 0.3 is 0 Å². The largest absolute Gasteiger partial charge is 0.394 e. The lowest BCUT2D eigenvalue weighted by atomic mass is 9.72. The highest BCUT2D eigenvalue weighted by Crippen LogP contribution is 2.42. The first kappa shape index (κ1) is 17.7. The third kappa shape index (κ3) is 2.83. The number of carbonyl (C=O) groups is 2. The summed E-state index contributed by atoms with van der Waals surface area (Å²) < 4.78 is 0. The van der Waals surface area contributed by atoms with E-state index in [2.05, 4.69) is 5.38 Å². The molecule has 0 saturated carbocycles. The highest BCUT2D eigenvalue weighted by atomic mass is 32.1. The summed E-state index contributed by atoms with van der Waals surface area (Å²) in [5.74, 6) is 0.933. The molecule has 0 aromatic carbocycles. The van der Waals surface area contributed by atoms with Gasteiger partial charge < -0.3 is 14.9 Å². The molecule has 4 heterocycles. The number of aryl methyl sites for hydroxylation is 1. The zero-order valence-corrected chi connectivity index (χ0v) is 16.5. The number of nitrogens with zero attached hydrogens (tertiary/aromatic N) is 2. The lowest BCUT2D eigenvalue weighted by molar-refractivity contribution is -0.154. The number of thiophene rings is 1. The number of carbonyl (C=O) groups excluding carboxylic acids is 2. The van der Waals surface area contributed by atoms with Crippen molar-refractivity contribution in [3.05, 3.63) is 21.4 Å². The Labute approximate surface area is 164 Å². The van der Waals surface area contributed by atoms with Gasteiger partial charge in [-0.15, -0.1) is 11.3 Å². The molecular formula is C21H28N2O3S. The molecule has 5 rings (SSSR count). The second-order valence-electron chi connectivity index (χ2n) is 8.73. The summed E-state index contributed by atoms with van der Waals surface area (Å²) in [5, 5.41) is 12.1. The number of rotatable bonds is 2. The van der Waals surface area contributed by atoms with E-state index in [-0.39, 0.29) is 36.4 Å². The number of likely N-dealkylation sites (tertiary alicyclic amines) is 1. The van der Waals surface area contributed by atoms with Gasteiger partial charge in [0.25, 0.3) is 5.91 Å². The Morgan fingerprint density at radius 3 is 2.81 bits per heavy atom. The van der Waals surface area contributed by atoms with E-state index in [0.29, 0.717) is 18.9 Å². The van der Waals surface area contributed by atoms with Gasteiger partial charge in [-0.05, 0) is 62.3 Å². The maximum Gasteiger partial charge on any atom is 0.255 e. The molecule has 1 aromatic rings. The van der Waals surface area contributed by atoms with Gasteiger partial charge in [0.1, 0.15) is 0 Å². The van der Waals surface area contributed by atoms with E-state index in [1.807, 2.05) is 9.80 Å². The Morgan fingerprint density at radius 2 is 1.96 bits per heavy atom. The van der Waals surface area contributed by atoms with Crippen molar-refractivity contribution in [1.82, 2.24) is 9.80 Å². The van der Waals surface area contributed by atoms with Crippen LogP contribution in [0.5, 0.6) is 0 Å². The van der Waals surface area contributed by atoms with Crippen molar-refractivity contribution < 1.29 is 14.7 Å². The first-order valence-electron chi connectivity index (χ1n) is 10.5. The van der Waals surface area contributed by atoms with Gasteiger partial charge in [0.05, 0.1) is 18.2 Å². The molecule has 27 heavy (non-hydrogen) atoms. The van der Waals surface area contributed by atoms with Crippen LogP contribution in [0.4, 0.5) is 0 Å². The van der Waals surface area contributed by atoms with Crippen LogP contribution in [0.1, 0.15) is 59.3 Å². The Hall–Kier alpha value is -1.40. The average molecular weight is 389 g/mol. The minimum absolute atomic E-state index is 0.00943. The number of hydrogen-bond acceptors (Lipinski definition) is 4. The van der Waals surface area contributed by atoms with Gasteiger partial charge in [0.15, 0.2) is 0 Å². The van der Waals surface area contributed by atoms with Crippen molar-refractivity contribution in [1.29, 1.82) is 0 Å². The number of fused-ring (bicyclic) bond motifs is 5. The number of piperidine rings is 3. The molecule has 5 nitrogen and oxygen atoms in total. The van der Waals surface area contributed by atoms with Crippen molar-refractivity contribution in [2.75, 3.05) is 19.7 Å². The molecule has 2 bridgehead atoms. The van der Waals surface area contributed by atoms with Crippen LogP contribution in [-0.2, 0) is 17.6 Å².